The van der Waals surface area contributed by atoms with Crippen LogP contribution in [0.15, 0.2) is 256 Å². The van der Waals surface area contributed by atoms with Crippen LogP contribution in [-0.2, 0) is 82.3 Å². The standard InChI is InChI=1S/C23H28O3.C23H26O3.C18H18O2.C9H16O2.C5H10O/c2*1-3-22(25-17-20-12-6-4-7-13-20)23(16-10-11-19(2)24)26-18-21-14-8-5-9-15-21;1-3-7-15(8-4-1)13-19-17-11-12-18(17)20-14-16-9-5-2-6-10-16;1-3-7-8-5-4-6-9(2,10-7)11-8;1-3-4-5(2)6/h3-10,12-16,19,22-24H,1,11,17-18H2,2H3;3-10,12-16,22-23H,1,11,17-18H2,2H3;1-12,17-18H,13-14H2;7-8H,3-6H2,1-2H3;3,5-6H,1,4H2,2H3/b2*16-10-;;;/t19?,22-,23+;22-,23+;17-,18+;7-,8+,9-;/m00.0./s1. The van der Waals surface area contributed by atoms with Gasteiger partial charge in [-0.1, -0.05) is 244 Å². The van der Waals surface area contributed by atoms with Crippen LogP contribution in [0.1, 0.15) is 113 Å². The van der Waals surface area contributed by atoms with E-state index in [0.29, 0.717) is 71.1 Å². The number of benzene rings is 6. The Morgan fingerprint density at radius 1 is 0.528 bits per heavy atom. The maximum atomic E-state index is 11.2. The highest BCUT2D eigenvalue weighted by molar-refractivity contribution is 5.77. The van der Waals surface area contributed by atoms with Crippen LogP contribution in [0.25, 0.3) is 0 Å². The number of ketones is 1. The summed E-state index contributed by atoms with van der Waals surface area (Å²) in [6, 6.07) is 60.4. The highest BCUT2D eigenvalue weighted by Crippen LogP contribution is 2.40. The number of carbonyl (C=O) groups is 1. The summed E-state index contributed by atoms with van der Waals surface area (Å²) in [5.41, 5.74) is 6.77. The zero-order valence-electron chi connectivity index (χ0n) is 53.2. The highest BCUT2D eigenvalue weighted by atomic mass is 16.8. The molecule has 2 fully saturated rings. The molecule has 6 aromatic carbocycles. The summed E-state index contributed by atoms with van der Waals surface area (Å²) in [6.45, 7) is 23.7. The lowest BCUT2D eigenvalue weighted by Gasteiger charge is -2.29. The molecule has 0 saturated carbocycles. The molecule has 89 heavy (non-hydrogen) atoms. The van der Waals surface area contributed by atoms with Gasteiger partial charge >= 0.3 is 0 Å². The first kappa shape index (κ1) is 72.8. The van der Waals surface area contributed by atoms with Crippen LogP contribution in [0, 0.1) is 0 Å². The molecule has 2 N–H and O–H groups in total. The molecule has 9 rings (SSSR count). The topological polar surface area (TPSA) is 131 Å². The summed E-state index contributed by atoms with van der Waals surface area (Å²) in [6.07, 6.45) is 22.3. The lowest BCUT2D eigenvalue weighted by Crippen LogP contribution is -2.35. The van der Waals surface area contributed by atoms with E-state index < -0.39 is 0 Å². The third-order valence-corrected chi connectivity index (χ3v) is 14.4. The molecule has 11 atom stereocenters. The number of carbonyl (C=O) groups excluding carboxylic acids is 1. The number of aliphatic hydroxyl groups is 2. The molecule has 2 bridgehead atoms. The lowest BCUT2D eigenvalue weighted by atomic mass is 10.0. The average molecular weight is 1210 g/mol. The number of fused-ring (bicyclic) bond motifs is 2. The fourth-order valence-corrected chi connectivity index (χ4v) is 9.48. The van der Waals surface area contributed by atoms with Gasteiger partial charge in [0, 0.05) is 12.8 Å². The van der Waals surface area contributed by atoms with Gasteiger partial charge in [-0.05, 0) is 93.2 Å². The van der Waals surface area contributed by atoms with Crippen molar-refractivity contribution >= 4 is 5.78 Å². The first-order valence-electron chi connectivity index (χ1n) is 31.3. The van der Waals surface area contributed by atoms with Crippen LogP contribution in [0.4, 0.5) is 0 Å². The molecule has 0 aromatic heterocycles. The number of hydrogen-bond acceptors (Lipinski definition) is 11. The van der Waals surface area contributed by atoms with Gasteiger partial charge in [-0.15, -0.1) is 19.7 Å². The van der Waals surface area contributed by atoms with Crippen molar-refractivity contribution in [2.75, 3.05) is 0 Å². The molecule has 3 aliphatic rings. The zero-order chi connectivity index (χ0) is 63.7. The van der Waals surface area contributed by atoms with Crippen LogP contribution in [0.2, 0.25) is 0 Å². The summed E-state index contributed by atoms with van der Waals surface area (Å²) in [5, 5.41) is 18.0. The summed E-state index contributed by atoms with van der Waals surface area (Å²) >= 11 is 0. The van der Waals surface area contributed by atoms with Crippen molar-refractivity contribution < 1.29 is 52.9 Å². The van der Waals surface area contributed by atoms with Crippen molar-refractivity contribution in [2.45, 2.75) is 186 Å². The van der Waals surface area contributed by atoms with Gasteiger partial charge in [-0.3, -0.25) is 4.79 Å². The summed E-state index contributed by atoms with van der Waals surface area (Å²) in [4.78, 5) is 11.2. The zero-order valence-corrected chi connectivity index (χ0v) is 53.2. The highest BCUT2D eigenvalue weighted by Gasteiger charge is 2.46. The summed E-state index contributed by atoms with van der Waals surface area (Å²) < 4.78 is 47.5. The molecule has 2 saturated heterocycles. The minimum absolute atomic E-state index is 0.0684. The third-order valence-electron chi connectivity index (χ3n) is 14.4. The predicted molar refractivity (Wildman–Crippen MR) is 358 cm³/mol. The number of aliphatic hydroxyl groups excluding tert-OH is 2. The van der Waals surface area contributed by atoms with E-state index in [-0.39, 0.29) is 60.4 Å². The average Bonchev–Trinajstić information content (AvgIpc) is 2.92. The van der Waals surface area contributed by atoms with Crippen molar-refractivity contribution in [3.63, 3.8) is 0 Å². The number of hydrogen-bond donors (Lipinski definition) is 2. The first-order chi connectivity index (χ1) is 43.3. The van der Waals surface area contributed by atoms with Gasteiger partial charge in [0.05, 0.1) is 64.1 Å². The van der Waals surface area contributed by atoms with E-state index in [1.165, 1.54) is 24.0 Å². The normalized spacial score (nSPS) is 19.9. The SMILES string of the molecule is C1=C[C@@H](OCc2ccccc2)[C@H]1OCc1ccccc1.C=CCC(C)O.C=C[C@H](OCc1ccccc1)[C@@H](/C=C\CC(C)=O)OCc1ccccc1.C=C[C@H](OCc1ccccc1)[C@@H](/C=C\CC(C)O)OCc1ccccc1.CC[C@@H]1O[C@]2(C)CCC[C@H]1O2. The molecule has 11 heteroatoms. The van der Waals surface area contributed by atoms with E-state index in [2.05, 4.69) is 70.0 Å². The van der Waals surface area contributed by atoms with E-state index in [4.69, 9.17) is 43.0 Å². The van der Waals surface area contributed by atoms with Gasteiger partial charge in [0.25, 0.3) is 0 Å². The van der Waals surface area contributed by atoms with Gasteiger partial charge in [0.2, 0.25) is 0 Å². The van der Waals surface area contributed by atoms with Crippen LogP contribution in [0.5, 0.6) is 0 Å². The minimum Gasteiger partial charge on any atom is -0.393 e. The number of allylic oxidation sites excluding steroid dienone is 1. The molecule has 6 aromatic rings. The Balaban J connectivity index is 0.000000215. The second kappa shape index (κ2) is 42.9. The van der Waals surface area contributed by atoms with Crippen molar-refractivity contribution in [1.29, 1.82) is 0 Å². The fourth-order valence-electron chi connectivity index (χ4n) is 9.48. The number of rotatable bonds is 31. The maximum Gasteiger partial charge on any atom is 0.166 e. The van der Waals surface area contributed by atoms with Crippen LogP contribution in [-0.4, -0.2) is 82.8 Å². The molecule has 0 radical (unpaired) electrons. The Labute approximate surface area is 532 Å². The third kappa shape index (κ3) is 29.9. The Kier molecular flexibility index (Phi) is 35.1. The molecular formula is C78H98O11. The quantitative estimate of drug-likeness (QED) is 0.0403. The smallest absolute Gasteiger partial charge is 0.166 e. The molecule has 11 nitrogen and oxygen atoms in total. The van der Waals surface area contributed by atoms with E-state index in [0.717, 1.165) is 35.1 Å². The molecule has 1 aliphatic carbocycles. The molecule has 476 valence electrons. The van der Waals surface area contributed by atoms with Crippen molar-refractivity contribution in [3.8, 4) is 0 Å². The fraction of sp³-hybridized carbons (Fsp3) is 0.372. The van der Waals surface area contributed by atoms with Gasteiger partial charge in [-0.25, -0.2) is 0 Å². The lowest BCUT2D eigenvalue weighted by molar-refractivity contribution is -0.179. The van der Waals surface area contributed by atoms with Crippen LogP contribution >= 0.6 is 0 Å². The largest absolute Gasteiger partial charge is 0.393 e. The summed E-state index contributed by atoms with van der Waals surface area (Å²) in [5.74, 6) is -0.118. The van der Waals surface area contributed by atoms with E-state index in [1.807, 2.05) is 182 Å². The van der Waals surface area contributed by atoms with Crippen molar-refractivity contribution in [1.82, 2.24) is 0 Å². The van der Waals surface area contributed by atoms with Crippen LogP contribution < -0.4 is 0 Å². The monoisotopic (exact) mass is 1210 g/mol. The van der Waals surface area contributed by atoms with E-state index in [1.54, 1.807) is 39.0 Å². The number of Topliss-reactive ketones (excluding diaryl/α,β-unsaturated/α-hetero) is 1. The maximum absolute atomic E-state index is 11.2. The molecule has 0 spiro atoms. The Morgan fingerprint density at radius 3 is 1.17 bits per heavy atom. The Hall–Kier alpha value is -6.97. The van der Waals surface area contributed by atoms with Crippen LogP contribution in [0.3, 0.4) is 0 Å². The van der Waals surface area contributed by atoms with Gasteiger partial charge < -0.3 is 48.1 Å². The van der Waals surface area contributed by atoms with Crippen molar-refractivity contribution in [2.24, 2.45) is 0 Å². The van der Waals surface area contributed by atoms with Gasteiger partial charge in [0.15, 0.2) is 5.79 Å². The van der Waals surface area contributed by atoms with Gasteiger partial charge in [0.1, 0.15) is 42.4 Å². The van der Waals surface area contributed by atoms with E-state index >= 15 is 0 Å². The van der Waals surface area contributed by atoms with Crippen molar-refractivity contribution in [3.05, 3.63) is 290 Å². The van der Waals surface area contributed by atoms with E-state index in [9.17, 15) is 9.90 Å². The number of ether oxygens (including phenoxy) is 8. The Morgan fingerprint density at radius 2 is 0.876 bits per heavy atom. The second-order valence-corrected chi connectivity index (χ2v) is 22.4. The first-order valence-corrected chi connectivity index (χ1v) is 31.3. The Bertz CT molecular complexity index is 2850. The molecular weight excluding hydrogens is 1110 g/mol. The predicted octanol–water partition coefficient (Wildman–Crippen LogP) is 16.3. The molecule has 2 unspecified atom stereocenters. The molecule has 2 heterocycles. The second-order valence-electron chi connectivity index (χ2n) is 22.4. The molecule has 2 aliphatic heterocycles. The minimum atomic E-state index is -0.381. The van der Waals surface area contributed by atoms with Gasteiger partial charge in [-0.2, -0.15) is 0 Å². The summed E-state index contributed by atoms with van der Waals surface area (Å²) in [7, 11) is 0. The molecule has 0 amide bonds.